The van der Waals surface area contributed by atoms with Gasteiger partial charge in [0.2, 0.25) is 0 Å². The molecule has 2 nitrogen and oxygen atoms in total. The van der Waals surface area contributed by atoms with Gasteiger partial charge in [-0.25, -0.2) is 0 Å². The maximum absolute atomic E-state index is 10.1. The zero-order chi connectivity index (χ0) is 71.8. The Morgan fingerprint density at radius 1 is 0.404 bits per heavy atom. The van der Waals surface area contributed by atoms with Gasteiger partial charge in [-0.1, -0.05) is 159 Å². The van der Waals surface area contributed by atoms with E-state index >= 15 is 0 Å². The number of hydrogen-bond acceptors (Lipinski definition) is 2. The van der Waals surface area contributed by atoms with Crippen LogP contribution in [0.3, 0.4) is 0 Å². The summed E-state index contributed by atoms with van der Waals surface area (Å²) >= 11 is 0. The molecule has 1 aliphatic rings. The summed E-state index contributed by atoms with van der Waals surface area (Å²) in [5.74, 6) is 0. The van der Waals surface area contributed by atoms with E-state index < -0.39 is 324 Å². The van der Waals surface area contributed by atoms with Crippen molar-refractivity contribution in [2.75, 3.05) is 4.90 Å². The monoisotopic (exact) mass is 769 g/mol. The first kappa shape index (κ1) is 12.2. The first-order chi connectivity index (χ1) is 44.3. The highest BCUT2D eigenvalue weighted by molar-refractivity contribution is 6.19. The highest BCUT2D eigenvalue weighted by Gasteiger charge is 2.35. The number of benzene rings is 9. The first-order valence-electron chi connectivity index (χ1n) is 36.1. The quantitative estimate of drug-likeness (QED) is 0.167. The summed E-state index contributed by atoms with van der Waals surface area (Å²) in [5, 5.41) is -2.71. The van der Waals surface area contributed by atoms with E-state index in [1.54, 1.807) is 0 Å². The summed E-state index contributed by atoms with van der Waals surface area (Å²) in [6.45, 7) is -8.16. The molecule has 0 saturated carbocycles. The van der Waals surface area contributed by atoms with Crippen molar-refractivity contribution in [2.24, 2.45) is 0 Å². The van der Waals surface area contributed by atoms with Gasteiger partial charge in [0, 0.05) is 46.9 Å². The van der Waals surface area contributed by atoms with Crippen LogP contribution in [-0.4, -0.2) is 0 Å². The fourth-order valence-corrected chi connectivity index (χ4v) is 6.43. The van der Waals surface area contributed by atoms with Crippen LogP contribution in [0.5, 0.6) is 0 Å². The lowest BCUT2D eigenvalue weighted by Crippen LogP contribution is -2.16. The van der Waals surface area contributed by atoms with Gasteiger partial charge < -0.3 is 9.32 Å². The van der Waals surface area contributed by atoms with Crippen LogP contribution >= 0.6 is 0 Å². The van der Waals surface area contributed by atoms with Crippen molar-refractivity contribution in [1.82, 2.24) is 0 Å². The minimum absolute atomic E-state index is 0.105. The number of rotatable bonds is 6. The molecule has 0 atom stereocenters. The number of nitrogens with zero attached hydrogens (tertiary/aromatic N) is 1. The van der Waals surface area contributed by atoms with E-state index in [1.165, 1.54) is 0 Å². The van der Waals surface area contributed by atoms with Crippen molar-refractivity contribution in [3.63, 3.8) is 0 Å². The van der Waals surface area contributed by atoms with E-state index in [0.717, 1.165) is 0 Å². The van der Waals surface area contributed by atoms with Crippen LogP contribution in [0.15, 0.2) is 204 Å². The average molecular weight is 769 g/mol. The molecule has 2 heteroatoms. The summed E-state index contributed by atoms with van der Waals surface area (Å²) in [6.07, 6.45) is 0. The molecule has 0 aliphatic heterocycles. The van der Waals surface area contributed by atoms with E-state index in [-0.39, 0.29) is 4.90 Å². The molecular weight excluding hydrogens is 691 g/mol. The summed E-state index contributed by atoms with van der Waals surface area (Å²) in [5.41, 5.74) is -19.9. The van der Waals surface area contributed by atoms with Crippen molar-refractivity contribution in [3.05, 3.63) is 211 Å². The van der Waals surface area contributed by atoms with E-state index in [4.69, 9.17) is 37.3 Å². The Hall–Kier alpha value is -7.16. The Morgan fingerprint density at radius 3 is 1.68 bits per heavy atom. The predicted molar refractivity (Wildman–Crippen MR) is 240 cm³/mol. The molecule has 57 heavy (non-hydrogen) atoms. The van der Waals surface area contributed by atoms with Crippen LogP contribution in [0, 0.1) is 0 Å². The second-order valence-electron chi connectivity index (χ2n) is 12.3. The molecule has 1 heterocycles. The van der Waals surface area contributed by atoms with Crippen LogP contribution in [0.1, 0.15) is 78.3 Å². The van der Waals surface area contributed by atoms with Gasteiger partial charge in [0.25, 0.3) is 0 Å². The summed E-state index contributed by atoms with van der Waals surface area (Å²) in [6, 6.07) is -38.6. The van der Waals surface area contributed by atoms with Gasteiger partial charge in [-0.05, 0) is 115 Å². The van der Waals surface area contributed by atoms with Crippen molar-refractivity contribution in [1.29, 1.82) is 0 Å². The molecule has 0 N–H and O–H groups in total. The molecule has 1 aliphatic carbocycles. The second-order valence-corrected chi connectivity index (χ2v) is 12.3. The van der Waals surface area contributed by atoms with E-state index in [0.29, 0.717) is 0 Å². The van der Waals surface area contributed by atoms with E-state index in [1.807, 2.05) is 0 Å². The Balaban J connectivity index is 1.32. The standard InChI is InChI=1S/C55H39NO/c1-55(2)51-20-12-11-18-45(51)46-31-30-43(34-52(46)55)56(41-26-21-37(22-27-41)36-13-5-3-6-14-36)42-28-23-38(24-29-42)40-25-32-53-49(33-40)50-35-48(39-15-7-4-8-16-39)44-17-9-10-19-47(44)54(50)57-53/h3-35H,1-2H3/i1D3,2D3,3D,4D,5D,6D,7D,8D,9D,10D,11D,12D,13D,14D,15D,16D,17D,18D,19D,20D,21D,22D,23D,24D,25D,26D,27D,28D,29D,30D,31D,32D,33D,34D,35D. The van der Waals surface area contributed by atoms with Gasteiger partial charge in [0.1, 0.15) is 11.2 Å². The normalized spacial score (nSPS) is 23.0. The van der Waals surface area contributed by atoms with Crippen molar-refractivity contribution >= 4 is 49.8 Å². The minimum Gasteiger partial charge on any atom is -0.455 e. The maximum Gasteiger partial charge on any atom is 0.143 e. The van der Waals surface area contributed by atoms with Gasteiger partial charge in [0.05, 0.1) is 45.2 Å². The zero-order valence-corrected chi connectivity index (χ0v) is 28.4. The van der Waals surface area contributed by atoms with Crippen LogP contribution in [-0.2, 0) is 5.41 Å². The van der Waals surface area contributed by atoms with Gasteiger partial charge in [-0.2, -0.15) is 0 Å². The predicted octanol–water partition coefficient (Wildman–Crippen LogP) is 15.5. The lowest BCUT2D eigenvalue weighted by Gasteiger charge is -2.28. The maximum atomic E-state index is 10.1. The molecule has 1 aromatic heterocycles. The minimum atomic E-state index is -4.08. The number of furan rings is 1. The first-order valence-corrected chi connectivity index (χ1v) is 16.6. The Morgan fingerprint density at radius 2 is 0.965 bits per heavy atom. The third-order valence-corrected chi connectivity index (χ3v) is 9.01. The smallest absolute Gasteiger partial charge is 0.143 e. The molecule has 0 spiro atoms. The summed E-state index contributed by atoms with van der Waals surface area (Å²) in [4.78, 5) is 0.105. The molecule has 0 fully saturated rings. The zero-order valence-electron chi connectivity index (χ0n) is 67.4. The third-order valence-electron chi connectivity index (χ3n) is 9.01. The SMILES string of the molecule is [2H]c1c([2H])c([2H])c(-c2c([2H])c([2H])c(N(c3c([2H])c([2H])c(-c4c([2H])c([2H])c5oc6c7c([2H])c([2H])c([2H])c([2H])c7c(-c7c([2H])c([2H])c([2H])c([2H])c7[2H])c([2H])c6c5c4[2H])c([2H])c3[2H])c3c([2H])c([2H])c4c(c3[2H])C(C([2H])([2H])[2H])(C([2H])([2H])[2H])c3c([2H])c([2H])c([2H])c([2H])c3-4)c([2H])c2[2H])c([2H])c1[2H]. The third kappa shape index (κ3) is 5.40. The fourth-order valence-electron chi connectivity index (χ4n) is 6.43. The van der Waals surface area contributed by atoms with Crippen LogP contribution in [0.25, 0.3) is 77.2 Å². The molecule has 0 unspecified atom stereocenters. The molecule has 10 aromatic rings. The second kappa shape index (κ2) is 13.0. The summed E-state index contributed by atoms with van der Waals surface area (Å²) < 4.78 is 360. The van der Waals surface area contributed by atoms with Gasteiger partial charge in [0.15, 0.2) is 0 Å². The molecule has 0 amide bonds. The van der Waals surface area contributed by atoms with Crippen LogP contribution in [0.4, 0.5) is 17.1 Å². The lowest BCUT2D eigenvalue weighted by molar-refractivity contribution is 0.660. The molecule has 9 aromatic carbocycles. The fraction of sp³-hybridized carbons (Fsp3) is 0.0545. The van der Waals surface area contributed by atoms with Crippen molar-refractivity contribution in [2.45, 2.75) is 19.1 Å². The molecular formula is C55H39NO. The Labute approximate surface area is 387 Å². The highest BCUT2D eigenvalue weighted by Crippen LogP contribution is 2.51. The summed E-state index contributed by atoms with van der Waals surface area (Å²) in [7, 11) is 0. The van der Waals surface area contributed by atoms with Gasteiger partial charge in [-0.15, -0.1) is 0 Å². The molecule has 0 radical (unpaired) electrons. The number of hydrogen-bond donors (Lipinski definition) is 0. The molecule has 0 saturated heterocycles. The van der Waals surface area contributed by atoms with E-state index in [2.05, 4.69) is 0 Å². The Bertz CT molecular complexity index is 5180. The van der Waals surface area contributed by atoms with Crippen LogP contribution in [0.2, 0.25) is 0 Å². The number of fused-ring (bicyclic) bond motifs is 8. The van der Waals surface area contributed by atoms with Crippen molar-refractivity contribution in [3.8, 4) is 44.5 Å². The van der Waals surface area contributed by atoms with Gasteiger partial charge >= 0.3 is 0 Å². The van der Waals surface area contributed by atoms with Gasteiger partial charge in [-0.3, -0.25) is 0 Å². The average Bonchev–Trinajstić information content (AvgIpc) is 1.49. The highest BCUT2D eigenvalue weighted by atomic mass is 16.3. The van der Waals surface area contributed by atoms with Crippen LogP contribution < -0.4 is 4.90 Å². The van der Waals surface area contributed by atoms with E-state index in [9.17, 15) is 20.6 Å². The topological polar surface area (TPSA) is 16.4 Å². The Kier molecular flexibility index (Phi) is 2.77. The molecule has 270 valence electrons. The number of anilines is 3. The molecule has 11 rings (SSSR count). The molecule has 0 bridgehead atoms. The van der Waals surface area contributed by atoms with Crippen molar-refractivity contribution < 1.29 is 57.9 Å². The largest absolute Gasteiger partial charge is 0.455 e. The lowest BCUT2D eigenvalue weighted by atomic mass is 9.82.